The van der Waals surface area contributed by atoms with Crippen LogP contribution >= 0.6 is 30.1 Å². The number of aromatic nitrogens is 1. The van der Waals surface area contributed by atoms with Crippen LogP contribution in [0.15, 0.2) is 47.5 Å². The number of pyridine rings is 1. The predicted octanol–water partition coefficient (Wildman–Crippen LogP) is 4.50. The zero-order valence-corrected chi connectivity index (χ0v) is 11.2. The molecule has 0 spiro atoms. The molecule has 0 saturated carbocycles. The molecule has 1 nitrogen and oxygen atoms in total. The Hall–Kier alpha value is -0.550. The first-order valence-corrected chi connectivity index (χ1v) is 7.98. The first kappa shape index (κ1) is 11.0. The number of aryl methyl sites for hydroxylation is 1. The highest BCUT2D eigenvalue weighted by atomic mass is 127. The monoisotopic (exact) mass is 327 g/mol. The molecule has 1 aromatic carbocycles. The Kier molecular flexibility index (Phi) is 3.64. The molecule has 2 rings (SSSR count). The summed E-state index contributed by atoms with van der Waals surface area (Å²) < 4.78 is 0. The fourth-order valence-electron chi connectivity index (χ4n) is 1.39. The molecule has 0 bridgehead atoms. The van der Waals surface area contributed by atoms with Crippen molar-refractivity contribution in [2.45, 2.75) is 11.8 Å². The molecule has 1 aromatic heterocycles. The predicted molar refractivity (Wildman–Crippen MR) is 74.3 cm³/mol. The second-order valence-electron chi connectivity index (χ2n) is 3.28. The van der Waals surface area contributed by atoms with Gasteiger partial charge in [-0.3, -0.25) is 4.98 Å². The van der Waals surface area contributed by atoms with Gasteiger partial charge in [0.15, 0.2) is 0 Å². The molecule has 15 heavy (non-hydrogen) atoms. The molecule has 0 unspecified atom stereocenters. The van der Waals surface area contributed by atoms with Crippen LogP contribution in [0.25, 0.3) is 11.3 Å². The highest BCUT2D eigenvalue weighted by Gasteiger charge is 2.02. The Morgan fingerprint density at radius 3 is 2.53 bits per heavy atom. The van der Waals surface area contributed by atoms with E-state index in [0.717, 1.165) is 5.69 Å². The van der Waals surface area contributed by atoms with Crippen LogP contribution in [0.5, 0.6) is 0 Å². The number of halogens is 1. The van der Waals surface area contributed by atoms with Crippen molar-refractivity contribution in [2.75, 3.05) is 0 Å². The molecule has 0 saturated heterocycles. The molecule has 2 aromatic rings. The summed E-state index contributed by atoms with van der Waals surface area (Å²) in [7, 11) is 1.71. The SMILES string of the molecule is Cc1cc(-c2ccccc2)ncc1SI. The topological polar surface area (TPSA) is 12.9 Å². The van der Waals surface area contributed by atoms with E-state index >= 15 is 0 Å². The Bertz CT molecular complexity index is 456. The maximum atomic E-state index is 4.45. The zero-order chi connectivity index (χ0) is 10.7. The van der Waals surface area contributed by atoms with Crippen molar-refractivity contribution < 1.29 is 0 Å². The molecular weight excluding hydrogens is 317 g/mol. The summed E-state index contributed by atoms with van der Waals surface area (Å²) in [4.78, 5) is 5.69. The molecule has 0 fully saturated rings. The summed E-state index contributed by atoms with van der Waals surface area (Å²) in [6, 6.07) is 12.4. The minimum absolute atomic E-state index is 1.04. The third-order valence-corrected chi connectivity index (χ3v) is 4.23. The van der Waals surface area contributed by atoms with Gasteiger partial charge in [-0.1, -0.05) is 39.3 Å². The third-order valence-electron chi connectivity index (χ3n) is 2.22. The van der Waals surface area contributed by atoms with Crippen molar-refractivity contribution in [1.29, 1.82) is 0 Å². The molecule has 0 atom stereocenters. The first-order chi connectivity index (χ1) is 7.31. The second-order valence-corrected chi connectivity index (χ2v) is 5.19. The molecule has 76 valence electrons. The molecule has 1 heterocycles. The van der Waals surface area contributed by atoms with Gasteiger partial charge < -0.3 is 0 Å². The maximum Gasteiger partial charge on any atom is 0.0705 e. The lowest BCUT2D eigenvalue weighted by Crippen LogP contribution is -1.86. The van der Waals surface area contributed by atoms with Crippen LogP contribution in [0.2, 0.25) is 0 Å². The average molecular weight is 327 g/mol. The van der Waals surface area contributed by atoms with Gasteiger partial charge in [0.1, 0.15) is 0 Å². The van der Waals surface area contributed by atoms with Gasteiger partial charge >= 0.3 is 0 Å². The molecule has 3 heteroatoms. The van der Waals surface area contributed by atoms with Crippen molar-refractivity contribution >= 4 is 30.1 Å². The standard InChI is InChI=1S/C12H10INS/c1-9-7-11(14-8-12(9)15-13)10-5-3-2-4-6-10/h2-8H,1H3. The lowest BCUT2D eigenvalue weighted by atomic mass is 10.1. The molecule has 0 aliphatic rings. The number of nitrogens with zero attached hydrogens (tertiary/aromatic N) is 1. The highest BCUT2D eigenvalue weighted by Crippen LogP contribution is 2.29. The number of benzene rings is 1. The number of rotatable bonds is 2. The molecule has 0 aliphatic heterocycles. The van der Waals surface area contributed by atoms with Gasteiger partial charge in [0.25, 0.3) is 0 Å². The van der Waals surface area contributed by atoms with E-state index in [1.54, 1.807) is 8.93 Å². The van der Waals surface area contributed by atoms with E-state index in [4.69, 9.17) is 0 Å². The van der Waals surface area contributed by atoms with Crippen molar-refractivity contribution in [3.05, 3.63) is 48.2 Å². The van der Waals surface area contributed by atoms with Gasteiger partial charge in [-0.05, 0) is 18.6 Å². The highest BCUT2D eigenvalue weighted by molar-refractivity contribution is 14.2. The number of hydrogen-bond donors (Lipinski definition) is 0. The minimum Gasteiger partial charge on any atom is -0.255 e. The quantitative estimate of drug-likeness (QED) is 0.754. The zero-order valence-electron chi connectivity index (χ0n) is 8.27. The van der Waals surface area contributed by atoms with E-state index in [0.29, 0.717) is 0 Å². The molecule has 0 aliphatic carbocycles. The van der Waals surface area contributed by atoms with Crippen LogP contribution in [0.3, 0.4) is 0 Å². The van der Waals surface area contributed by atoms with Crippen LogP contribution in [0.4, 0.5) is 0 Å². The Labute approximate surface area is 106 Å². The van der Waals surface area contributed by atoms with E-state index in [-0.39, 0.29) is 0 Å². The van der Waals surface area contributed by atoms with Crippen LogP contribution in [-0.2, 0) is 0 Å². The lowest BCUT2D eigenvalue weighted by Gasteiger charge is -2.04. The largest absolute Gasteiger partial charge is 0.255 e. The summed E-state index contributed by atoms with van der Waals surface area (Å²) in [5.41, 5.74) is 3.50. The van der Waals surface area contributed by atoms with Gasteiger partial charge in [0.05, 0.1) is 5.69 Å². The smallest absolute Gasteiger partial charge is 0.0705 e. The fraction of sp³-hybridized carbons (Fsp3) is 0.0833. The van der Waals surface area contributed by atoms with E-state index in [1.165, 1.54) is 16.0 Å². The van der Waals surface area contributed by atoms with E-state index in [2.05, 4.69) is 51.3 Å². The van der Waals surface area contributed by atoms with Gasteiger partial charge in [-0.15, -0.1) is 0 Å². The summed E-state index contributed by atoms with van der Waals surface area (Å²) in [5.74, 6) is 0. The fourth-order valence-corrected chi connectivity index (χ4v) is 3.05. The Morgan fingerprint density at radius 1 is 1.20 bits per heavy atom. The van der Waals surface area contributed by atoms with Gasteiger partial charge in [-0.25, -0.2) is 0 Å². The lowest BCUT2D eigenvalue weighted by molar-refractivity contribution is 1.19. The minimum atomic E-state index is 1.04. The third kappa shape index (κ3) is 2.52. The molecule has 0 radical (unpaired) electrons. The van der Waals surface area contributed by atoms with E-state index in [9.17, 15) is 0 Å². The normalized spacial score (nSPS) is 10.3. The van der Waals surface area contributed by atoms with Crippen LogP contribution in [0.1, 0.15) is 5.56 Å². The summed E-state index contributed by atoms with van der Waals surface area (Å²) in [6.45, 7) is 2.12. The van der Waals surface area contributed by atoms with Crippen molar-refractivity contribution in [3.8, 4) is 11.3 Å². The van der Waals surface area contributed by atoms with Gasteiger partial charge in [-0.2, -0.15) is 0 Å². The first-order valence-electron chi connectivity index (χ1n) is 4.62. The van der Waals surface area contributed by atoms with Crippen LogP contribution in [0, 0.1) is 6.92 Å². The van der Waals surface area contributed by atoms with Crippen molar-refractivity contribution in [3.63, 3.8) is 0 Å². The van der Waals surface area contributed by atoms with E-state index < -0.39 is 0 Å². The Morgan fingerprint density at radius 2 is 1.93 bits per heavy atom. The maximum absolute atomic E-state index is 4.45. The Balaban J connectivity index is 2.43. The average Bonchev–Trinajstić information content (AvgIpc) is 2.30. The van der Waals surface area contributed by atoms with Crippen LogP contribution in [-0.4, -0.2) is 4.98 Å². The summed E-state index contributed by atoms with van der Waals surface area (Å²) in [6.07, 6.45) is 1.94. The second kappa shape index (κ2) is 4.99. The molecule has 0 N–H and O–H groups in total. The van der Waals surface area contributed by atoms with Gasteiger partial charge in [0.2, 0.25) is 0 Å². The molecular formula is C12H10INS. The molecule has 0 amide bonds. The summed E-state index contributed by atoms with van der Waals surface area (Å²) >= 11 is 2.28. The number of hydrogen-bond acceptors (Lipinski definition) is 2. The van der Waals surface area contributed by atoms with Gasteiger partial charge in [0, 0.05) is 37.9 Å². The van der Waals surface area contributed by atoms with Crippen molar-refractivity contribution in [2.24, 2.45) is 0 Å². The van der Waals surface area contributed by atoms with Crippen molar-refractivity contribution in [1.82, 2.24) is 4.98 Å². The van der Waals surface area contributed by atoms with E-state index in [1.807, 2.05) is 24.4 Å². The summed E-state index contributed by atoms with van der Waals surface area (Å²) in [5, 5.41) is 0. The van der Waals surface area contributed by atoms with Crippen LogP contribution < -0.4 is 0 Å².